The molecule has 2 rings (SSSR count). The van der Waals surface area contributed by atoms with Crippen LogP contribution in [-0.2, 0) is 0 Å². The molecular weight excluding hydrogens is 247 g/mol. The van der Waals surface area contributed by atoms with Crippen LogP contribution in [0.15, 0.2) is 18.2 Å². The van der Waals surface area contributed by atoms with Crippen molar-refractivity contribution in [2.45, 2.75) is 31.8 Å². The lowest BCUT2D eigenvalue weighted by Gasteiger charge is -2.36. The van der Waals surface area contributed by atoms with Crippen molar-refractivity contribution in [3.63, 3.8) is 0 Å². The minimum Gasteiger partial charge on any atom is -0.496 e. The third-order valence-electron chi connectivity index (χ3n) is 3.59. The van der Waals surface area contributed by atoms with E-state index < -0.39 is 5.82 Å². The molecule has 0 radical (unpaired) electrons. The van der Waals surface area contributed by atoms with Crippen LogP contribution in [0.5, 0.6) is 5.75 Å². The van der Waals surface area contributed by atoms with Crippen molar-refractivity contribution in [3.8, 4) is 5.75 Å². The van der Waals surface area contributed by atoms with Gasteiger partial charge in [-0.05, 0) is 31.9 Å². The highest BCUT2D eigenvalue weighted by atomic mass is 19.1. The number of nitrogens with two attached hydrogens (primary N) is 1. The second kappa shape index (κ2) is 5.57. The van der Waals surface area contributed by atoms with E-state index >= 15 is 0 Å². The van der Waals surface area contributed by atoms with Crippen LogP contribution in [0.2, 0.25) is 0 Å². The Hall–Kier alpha value is -1.62. The van der Waals surface area contributed by atoms with Gasteiger partial charge in [0.1, 0.15) is 17.1 Å². The summed E-state index contributed by atoms with van der Waals surface area (Å²) in [5.41, 5.74) is 5.88. The Balaban J connectivity index is 2.29. The zero-order chi connectivity index (χ0) is 14.0. The van der Waals surface area contributed by atoms with E-state index in [1.54, 1.807) is 11.0 Å². The van der Waals surface area contributed by atoms with Gasteiger partial charge >= 0.3 is 0 Å². The molecule has 0 spiro atoms. The van der Waals surface area contributed by atoms with E-state index in [0.29, 0.717) is 6.54 Å². The molecule has 0 aromatic heterocycles. The van der Waals surface area contributed by atoms with Crippen molar-refractivity contribution in [2.24, 2.45) is 5.73 Å². The molecule has 0 bridgehead atoms. The lowest BCUT2D eigenvalue weighted by Crippen LogP contribution is -2.48. The monoisotopic (exact) mass is 266 g/mol. The van der Waals surface area contributed by atoms with Gasteiger partial charge in [0.05, 0.1) is 7.11 Å². The number of hydrogen-bond donors (Lipinski definition) is 1. The van der Waals surface area contributed by atoms with Gasteiger partial charge in [0.2, 0.25) is 0 Å². The van der Waals surface area contributed by atoms with Crippen LogP contribution in [0, 0.1) is 5.82 Å². The number of carbonyl (C=O) groups is 1. The molecule has 2 unspecified atom stereocenters. The molecule has 1 saturated heterocycles. The highest BCUT2D eigenvalue weighted by Crippen LogP contribution is 2.26. The van der Waals surface area contributed by atoms with Crippen molar-refractivity contribution in [1.82, 2.24) is 4.90 Å². The Bertz CT molecular complexity index is 479. The zero-order valence-electron chi connectivity index (χ0n) is 11.2. The largest absolute Gasteiger partial charge is 0.496 e. The normalized spacial score (nSPS) is 23.3. The van der Waals surface area contributed by atoms with E-state index in [4.69, 9.17) is 10.5 Å². The maximum Gasteiger partial charge on any atom is 0.260 e. The fraction of sp³-hybridized carbons (Fsp3) is 0.500. The first-order valence-corrected chi connectivity index (χ1v) is 6.43. The summed E-state index contributed by atoms with van der Waals surface area (Å²) in [5.74, 6) is -0.604. The van der Waals surface area contributed by atoms with E-state index in [-0.39, 0.29) is 29.3 Å². The van der Waals surface area contributed by atoms with Gasteiger partial charge in [0.25, 0.3) is 5.91 Å². The van der Waals surface area contributed by atoms with Gasteiger partial charge in [-0.15, -0.1) is 0 Å². The molecular formula is C14H19FN2O2. The number of nitrogens with zero attached hydrogens (tertiary/aromatic N) is 1. The molecule has 0 aliphatic carbocycles. The highest BCUT2D eigenvalue weighted by Gasteiger charge is 2.30. The first-order chi connectivity index (χ1) is 9.04. The number of likely N-dealkylation sites (tertiary alicyclic amines) is 1. The minimum absolute atomic E-state index is 0.00678. The fourth-order valence-electron chi connectivity index (χ4n) is 2.54. The molecule has 2 atom stereocenters. The lowest BCUT2D eigenvalue weighted by molar-refractivity contribution is 0.0610. The SMILES string of the molecule is COc1cccc(F)c1C(=O)N1CCC(N)CC1C. The maximum atomic E-state index is 13.9. The van der Waals surface area contributed by atoms with Crippen molar-refractivity contribution in [2.75, 3.05) is 13.7 Å². The van der Waals surface area contributed by atoms with Crippen LogP contribution >= 0.6 is 0 Å². The maximum absolute atomic E-state index is 13.9. The first kappa shape index (κ1) is 13.8. The number of piperidine rings is 1. The minimum atomic E-state index is -0.550. The number of carbonyl (C=O) groups excluding carboxylic acids is 1. The number of ether oxygens (including phenoxy) is 1. The molecule has 1 heterocycles. The van der Waals surface area contributed by atoms with Crippen molar-refractivity contribution in [1.29, 1.82) is 0 Å². The Morgan fingerprint density at radius 1 is 1.53 bits per heavy atom. The molecule has 1 aliphatic heterocycles. The van der Waals surface area contributed by atoms with Crippen LogP contribution in [0.25, 0.3) is 0 Å². The second-order valence-corrected chi connectivity index (χ2v) is 4.95. The predicted molar refractivity (Wildman–Crippen MR) is 70.7 cm³/mol. The Morgan fingerprint density at radius 3 is 2.89 bits per heavy atom. The van der Waals surface area contributed by atoms with Crippen LogP contribution in [0.1, 0.15) is 30.1 Å². The summed E-state index contributed by atoms with van der Waals surface area (Å²) in [4.78, 5) is 14.2. The van der Waals surface area contributed by atoms with E-state index in [2.05, 4.69) is 0 Å². The molecule has 19 heavy (non-hydrogen) atoms. The van der Waals surface area contributed by atoms with Crippen molar-refractivity contribution in [3.05, 3.63) is 29.6 Å². The Morgan fingerprint density at radius 2 is 2.26 bits per heavy atom. The highest BCUT2D eigenvalue weighted by molar-refractivity contribution is 5.97. The summed E-state index contributed by atoms with van der Waals surface area (Å²) < 4.78 is 19.0. The molecule has 5 heteroatoms. The third kappa shape index (κ3) is 2.71. The first-order valence-electron chi connectivity index (χ1n) is 6.43. The number of benzene rings is 1. The molecule has 1 aliphatic rings. The molecule has 2 N–H and O–H groups in total. The second-order valence-electron chi connectivity index (χ2n) is 4.95. The van der Waals surface area contributed by atoms with Crippen molar-refractivity contribution >= 4 is 5.91 Å². The number of hydrogen-bond acceptors (Lipinski definition) is 3. The van der Waals surface area contributed by atoms with Gasteiger partial charge in [0, 0.05) is 18.6 Å². The molecule has 1 fully saturated rings. The molecule has 1 aromatic carbocycles. The summed E-state index contributed by atoms with van der Waals surface area (Å²) in [7, 11) is 1.43. The summed E-state index contributed by atoms with van der Waals surface area (Å²) in [5, 5.41) is 0. The van der Waals surface area contributed by atoms with Crippen LogP contribution < -0.4 is 10.5 Å². The topological polar surface area (TPSA) is 55.6 Å². The number of rotatable bonds is 2. The Labute approximate surface area is 112 Å². The molecule has 104 valence electrons. The fourth-order valence-corrected chi connectivity index (χ4v) is 2.54. The van der Waals surface area contributed by atoms with E-state index in [1.807, 2.05) is 6.92 Å². The quantitative estimate of drug-likeness (QED) is 0.887. The standard InChI is InChI=1S/C14H19FN2O2/c1-9-8-10(16)6-7-17(9)14(18)13-11(15)4-3-5-12(13)19-2/h3-5,9-10H,6-8,16H2,1-2H3. The molecule has 1 aromatic rings. The van der Waals surface area contributed by atoms with E-state index in [0.717, 1.165) is 12.8 Å². The van der Waals surface area contributed by atoms with Gasteiger partial charge in [0.15, 0.2) is 0 Å². The van der Waals surface area contributed by atoms with Gasteiger partial charge in [-0.1, -0.05) is 6.07 Å². The molecule has 1 amide bonds. The lowest BCUT2D eigenvalue weighted by atomic mass is 9.98. The van der Waals surface area contributed by atoms with Gasteiger partial charge < -0.3 is 15.4 Å². The summed E-state index contributed by atoms with van der Waals surface area (Å²) >= 11 is 0. The van der Waals surface area contributed by atoms with Crippen LogP contribution in [0.3, 0.4) is 0 Å². The van der Waals surface area contributed by atoms with Gasteiger partial charge in [-0.3, -0.25) is 4.79 Å². The smallest absolute Gasteiger partial charge is 0.260 e. The van der Waals surface area contributed by atoms with Crippen molar-refractivity contribution < 1.29 is 13.9 Å². The summed E-state index contributed by atoms with van der Waals surface area (Å²) in [6.45, 7) is 2.49. The summed E-state index contributed by atoms with van der Waals surface area (Å²) in [6, 6.07) is 4.52. The molecule has 0 saturated carbocycles. The predicted octanol–water partition coefficient (Wildman–Crippen LogP) is 1.79. The van der Waals surface area contributed by atoms with Crippen LogP contribution in [-0.4, -0.2) is 36.5 Å². The van der Waals surface area contributed by atoms with Gasteiger partial charge in [-0.2, -0.15) is 0 Å². The number of amides is 1. The third-order valence-corrected chi connectivity index (χ3v) is 3.59. The van der Waals surface area contributed by atoms with E-state index in [9.17, 15) is 9.18 Å². The number of halogens is 1. The van der Waals surface area contributed by atoms with Crippen LogP contribution in [0.4, 0.5) is 4.39 Å². The number of methoxy groups -OCH3 is 1. The van der Waals surface area contributed by atoms with Gasteiger partial charge in [-0.25, -0.2) is 4.39 Å². The Kier molecular flexibility index (Phi) is 4.04. The zero-order valence-corrected chi connectivity index (χ0v) is 11.2. The summed E-state index contributed by atoms with van der Waals surface area (Å²) in [6.07, 6.45) is 1.48. The average Bonchev–Trinajstić information content (AvgIpc) is 2.37. The average molecular weight is 266 g/mol. The molecule has 4 nitrogen and oxygen atoms in total. The van der Waals surface area contributed by atoms with E-state index in [1.165, 1.54) is 19.2 Å².